The third-order valence-corrected chi connectivity index (χ3v) is 6.31. The smallest absolute Gasteiger partial charge is 0.274 e. The first-order valence-electron chi connectivity index (χ1n) is 15.5. The molecular formula is C32H50N8O6. The van der Waals surface area contributed by atoms with Gasteiger partial charge in [0.2, 0.25) is 0 Å². The third kappa shape index (κ3) is 18.3. The van der Waals surface area contributed by atoms with Crippen LogP contribution in [0, 0.1) is 20.2 Å². The van der Waals surface area contributed by atoms with E-state index in [0.29, 0.717) is 76.7 Å². The highest BCUT2D eigenvalue weighted by molar-refractivity contribution is 5.29. The first-order chi connectivity index (χ1) is 22.1. The van der Waals surface area contributed by atoms with Gasteiger partial charge in [-0.25, -0.2) is 0 Å². The van der Waals surface area contributed by atoms with Crippen molar-refractivity contribution in [2.24, 2.45) is 0 Å². The third-order valence-electron chi connectivity index (χ3n) is 6.31. The van der Waals surface area contributed by atoms with Gasteiger partial charge in [0.25, 0.3) is 12.4 Å². The van der Waals surface area contributed by atoms with Crippen LogP contribution in [-0.2, 0) is 13.1 Å². The van der Waals surface area contributed by atoms with Crippen LogP contribution < -0.4 is 30.7 Å². The predicted molar refractivity (Wildman–Crippen MR) is 179 cm³/mol. The molecule has 0 saturated heterocycles. The Bertz CT molecular complexity index is 1160. The van der Waals surface area contributed by atoms with Gasteiger partial charge < -0.3 is 40.5 Å². The van der Waals surface area contributed by atoms with Gasteiger partial charge in [-0.2, -0.15) is 0 Å². The molecule has 0 aliphatic carbocycles. The Morgan fingerprint density at radius 3 is 1.37 bits per heavy atom. The van der Waals surface area contributed by atoms with E-state index in [9.17, 15) is 20.2 Å². The maximum atomic E-state index is 11.1. The lowest BCUT2D eigenvalue weighted by Gasteiger charge is -2.14. The molecule has 0 aliphatic heterocycles. The summed E-state index contributed by atoms with van der Waals surface area (Å²) in [7, 11) is 8.05. The zero-order valence-electron chi connectivity index (χ0n) is 27.5. The summed E-state index contributed by atoms with van der Waals surface area (Å²) in [5.41, 5.74) is 2.33. The van der Waals surface area contributed by atoms with Gasteiger partial charge in [0.05, 0.1) is 23.1 Å². The van der Waals surface area contributed by atoms with Crippen molar-refractivity contribution >= 4 is 0 Å². The van der Waals surface area contributed by atoms with Crippen molar-refractivity contribution in [3.8, 4) is 11.5 Å². The Balaban J connectivity index is 1.63. The van der Waals surface area contributed by atoms with E-state index in [4.69, 9.17) is 9.47 Å². The molecule has 2 rings (SSSR count). The van der Waals surface area contributed by atoms with E-state index in [1.165, 1.54) is 0 Å². The summed E-state index contributed by atoms with van der Waals surface area (Å²) in [5, 5.41) is 34.4. The Morgan fingerprint density at radius 1 is 0.652 bits per heavy atom. The SMILES string of the molecule is CN(C)Cc1cccc(OCCCN/C(=C/[N+](=O)[O-])NCCCCN/C(=C\[N+](=O)[O-])NCCCOc2cccc(CN(C)C)c2)c1. The number of unbranched alkanes of at least 4 members (excludes halogenated alkanes) is 1. The normalized spacial score (nSPS) is 11.8. The van der Waals surface area contributed by atoms with E-state index in [2.05, 4.69) is 43.2 Å². The first-order valence-corrected chi connectivity index (χ1v) is 15.5. The van der Waals surface area contributed by atoms with Crippen LogP contribution in [0.2, 0.25) is 0 Å². The van der Waals surface area contributed by atoms with Crippen molar-refractivity contribution in [2.75, 3.05) is 67.6 Å². The van der Waals surface area contributed by atoms with E-state index in [1.54, 1.807) is 0 Å². The van der Waals surface area contributed by atoms with Gasteiger partial charge in [-0.05, 0) is 89.3 Å². The Kier molecular flexibility index (Phi) is 18.0. The largest absolute Gasteiger partial charge is 0.494 e. The van der Waals surface area contributed by atoms with E-state index >= 15 is 0 Å². The van der Waals surface area contributed by atoms with Gasteiger partial charge in [0.15, 0.2) is 11.6 Å². The number of nitro groups is 2. The Hall–Kier alpha value is -4.56. The fourth-order valence-corrected chi connectivity index (χ4v) is 4.38. The maximum absolute atomic E-state index is 11.1. The first kappa shape index (κ1) is 37.6. The zero-order chi connectivity index (χ0) is 33.6. The minimum Gasteiger partial charge on any atom is -0.494 e. The topological polar surface area (TPSA) is 159 Å². The van der Waals surface area contributed by atoms with Crippen molar-refractivity contribution in [1.82, 2.24) is 31.1 Å². The van der Waals surface area contributed by atoms with Crippen LogP contribution >= 0.6 is 0 Å². The fourth-order valence-electron chi connectivity index (χ4n) is 4.38. The number of nitrogens with zero attached hydrogens (tertiary/aromatic N) is 4. The number of hydrogen-bond acceptors (Lipinski definition) is 12. The summed E-state index contributed by atoms with van der Waals surface area (Å²) in [4.78, 5) is 25.3. The lowest BCUT2D eigenvalue weighted by atomic mass is 10.2. The molecule has 4 N–H and O–H groups in total. The molecule has 0 heterocycles. The summed E-state index contributed by atoms with van der Waals surface area (Å²) < 4.78 is 11.7. The quantitative estimate of drug-likeness (QED) is 0.0712. The van der Waals surface area contributed by atoms with Gasteiger partial charge >= 0.3 is 0 Å². The van der Waals surface area contributed by atoms with E-state index in [-0.39, 0.29) is 0 Å². The van der Waals surface area contributed by atoms with Gasteiger partial charge in [-0.1, -0.05) is 24.3 Å². The highest BCUT2D eigenvalue weighted by Crippen LogP contribution is 2.15. The molecule has 0 spiro atoms. The molecule has 0 fully saturated rings. The number of rotatable bonds is 25. The Morgan fingerprint density at radius 2 is 1.02 bits per heavy atom. The van der Waals surface area contributed by atoms with E-state index in [1.807, 2.05) is 64.6 Å². The van der Waals surface area contributed by atoms with Gasteiger partial charge in [-0.3, -0.25) is 20.2 Å². The van der Waals surface area contributed by atoms with Gasteiger partial charge in [-0.15, -0.1) is 0 Å². The lowest BCUT2D eigenvalue weighted by Crippen LogP contribution is -2.31. The standard InChI is InChI=1S/C32H50N8O6/c1-37(2)23-27-11-7-13-29(21-27)45-19-9-17-35-31(25-39(41)42)33-15-5-6-16-34-32(26-40(43)44)36-18-10-20-46-30-14-8-12-28(22-30)24-38(3)4/h7-8,11-14,21-22,25-26,33-36H,5-6,9-10,15-20,23-24H2,1-4H3/b31-25+,32-26+. The molecule has 0 saturated carbocycles. The minimum atomic E-state index is -0.503. The molecule has 0 aromatic heterocycles. The molecule has 46 heavy (non-hydrogen) atoms. The number of benzene rings is 2. The zero-order valence-corrected chi connectivity index (χ0v) is 27.5. The molecule has 14 nitrogen and oxygen atoms in total. The molecule has 0 radical (unpaired) electrons. The second-order valence-electron chi connectivity index (χ2n) is 11.2. The van der Waals surface area contributed by atoms with Crippen molar-refractivity contribution in [3.63, 3.8) is 0 Å². The summed E-state index contributed by atoms with van der Waals surface area (Å²) in [5.74, 6) is 2.25. The molecule has 2 aromatic carbocycles. The fraction of sp³-hybridized carbons (Fsp3) is 0.500. The summed E-state index contributed by atoms with van der Waals surface area (Å²) >= 11 is 0. The second-order valence-corrected chi connectivity index (χ2v) is 11.2. The number of nitrogens with one attached hydrogen (secondary N) is 4. The van der Waals surface area contributed by atoms with Gasteiger partial charge in [0.1, 0.15) is 11.5 Å². The summed E-state index contributed by atoms with van der Waals surface area (Å²) in [6.07, 6.45) is 4.54. The van der Waals surface area contributed by atoms with Crippen LogP contribution in [-0.4, -0.2) is 87.2 Å². The minimum absolute atomic E-state index is 0.327. The molecular weight excluding hydrogens is 592 g/mol. The average molecular weight is 643 g/mol. The van der Waals surface area contributed by atoms with Crippen LogP contribution in [0.1, 0.15) is 36.8 Å². The van der Waals surface area contributed by atoms with Crippen LogP contribution in [0.5, 0.6) is 11.5 Å². The van der Waals surface area contributed by atoms with Crippen LogP contribution in [0.4, 0.5) is 0 Å². The number of hydrogen-bond donors (Lipinski definition) is 4. The molecule has 14 heteroatoms. The van der Waals surface area contributed by atoms with Crippen LogP contribution in [0.15, 0.2) is 72.6 Å². The number of ether oxygens (including phenoxy) is 2. The van der Waals surface area contributed by atoms with E-state index < -0.39 is 9.85 Å². The predicted octanol–water partition coefficient (Wildman–Crippen LogP) is 3.34. The lowest BCUT2D eigenvalue weighted by molar-refractivity contribution is -0.404. The van der Waals surface area contributed by atoms with Crippen molar-refractivity contribution in [3.05, 3.63) is 104 Å². The second kappa shape index (κ2) is 22.0. The highest BCUT2D eigenvalue weighted by atomic mass is 16.6. The van der Waals surface area contributed by atoms with Crippen LogP contribution in [0.3, 0.4) is 0 Å². The van der Waals surface area contributed by atoms with Crippen LogP contribution in [0.25, 0.3) is 0 Å². The molecule has 2 aromatic rings. The van der Waals surface area contributed by atoms with E-state index in [0.717, 1.165) is 48.1 Å². The maximum Gasteiger partial charge on any atom is 0.274 e. The van der Waals surface area contributed by atoms with Gasteiger partial charge in [0, 0.05) is 39.3 Å². The molecule has 0 aliphatic rings. The summed E-state index contributed by atoms with van der Waals surface area (Å²) in [6, 6.07) is 15.9. The molecule has 0 atom stereocenters. The van der Waals surface area contributed by atoms with Crippen molar-refractivity contribution < 1.29 is 19.3 Å². The highest BCUT2D eigenvalue weighted by Gasteiger charge is 2.05. The van der Waals surface area contributed by atoms with Crippen molar-refractivity contribution in [2.45, 2.75) is 38.8 Å². The Labute approximate surface area is 272 Å². The summed E-state index contributed by atoms with van der Waals surface area (Å²) in [6.45, 7) is 4.60. The molecule has 254 valence electrons. The van der Waals surface area contributed by atoms with Crippen molar-refractivity contribution in [1.29, 1.82) is 0 Å². The molecule has 0 unspecified atom stereocenters. The monoisotopic (exact) mass is 642 g/mol. The molecule has 0 bridgehead atoms. The average Bonchev–Trinajstić information content (AvgIpc) is 2.97. The molecule has 0 amide bonds.